The molecule has 1 aromatic carbocycles. The average molecular weight is 293 g/mol. The van der Waals surface area contributed by atoms with Crippen LogP contribution in [0.5, 0.6) is 0 Å². The molecule has 1 aromatic rings. The molecule has 6 nitrogen and oxygen atoms in total. The number of hydrogen-bond acceptors (Lipinski definition) is 4. The summed E-state index contributed by atoms with van der Waals surface area (Å²) in [7, 11) is 1.53. The summed E-state index contributed by atoms with van der Waals surface area (Å²) in [5.74, 6) is -1.21. The van der Waals surface area contributed by atoms with Gasteiger partial charge in [-0.3, -0.25) is 4.79 Å². The molecular formula is C15H19NO5. The molecule has 1 heterocycles. The van der Waals surface area contributed by atoms with E-state index in [2.05, 4.69) is 5.32 Å². The lowest BCUT2D eigenvalue weighted by atomic mass is 10.1. The summed E-state index contributed by atoms with van der Waals surface area (Å²) < 4.78 is 10.4. The second kappa shape index (κ2) is 7.19. The number of nitrogens with one attached hydrogen (secondary N) is 1. The van der Waals surface area contributed by atoms with Gasteiger partial charge in [0.05, 0.1) is 24.7 Å². The van der Waals surface area contributed by atoms with Crippen LogP contribution in [0.15, 0.2) is 18.2 Å². The molecule has 1 atom stereocenters. The smallest absolute Gasteiger partial charge is 0.335 e. The molecular weight excluding hydrogens is 274 g/mol. The van der Waals surface area contributed by atoms with Crippen molar-refractivity contribution in [2.24, 2.45) is 0 Å². The minimum atomic E-state index is -1.04. The molecule has 0 aromatic heterocycles. The predicted molar refractivity (Wildman–Crippen MR) is 76.3 cm³/mol. The molecule has 114 valence electrons. The van der Waals surface area contributed by atoms with Crippen molar-refractivity contribution in [2.75, 3.05) is 19.0 Å². The summed E-state index contributed by atoms with van der Waals surface area (Å²) in [4.78, 5) is 23.0. The summed E-state index contributed by atoms with van der Waals surface area (Å²) in [6.45, 7) is 0.986. The molecule has 1 unspecified atom stereocenters. The molecule has 0 bridgehead atoms. The van der Waals surface area contributed by atoms with Gasteiger partial charge in [-0.2, -0.15) is 0 Å². The zero-order chi connectivity index (χ0) is 15.2. The third kappa shape index (κ3) is 4.54. The monoisotopic (exact) mass is 293 g/mol. The maximum absolute atomic E-state index is 11.9. The van der Waals surface area contributed by atoms with Crippen molar-refractivity contribution in [3.05, 3.63) is 29.3 Å². The normalized spacial score (nSPS) is 17.7. The van der Waals surface area contributed by atoms with Crippen molar-refractivity contribution < 1.29 is 24.2 Å². The van der Waals surface area contributed by atoms with Gasteiger partial charge < -0.3 is 19.9 Å². The Bertz CT molecular complexity index is 523. The fourth-order valence-electron chi connectivity index (χ4n) is 2.36. The van der Waals surface area contributed by atoms with E-state index in [1.165, 1.54) is 19.2 Å². The maximum Gasteiger partial charge on any atom is 0.335 e. The van der Waals surface area contributed by atoms with Gasteiger partial charge in [0.2, 0.25) is 5.91 Å². The molecule has 2 N–H and O–H groups in total. The van der Waals surface area contributed by atoms with Crippen molar-refractivity contribution in [2.45, 2.75) is 32.0 Å². The van der Waals surface area contributed by atoms with Gasteiger partial charge in [0.15, 0.2) is 0 Å². The zero-order valence-corrected chi connectivity index (χ0v) is 11.9. The van der Waals surface area contributed by atoms with E-state index < -0.39 is 5.97 Å². The average Bonchev–Trinajstić information content (AvgIpc) is 2.91. The number of amides is 1. The lowest BCUT2D eigenvalue weighted by molar-refractivity contribution is -0.118. The van der Waals surface area contributed by atoms with E-state index in [1.54, 1.807) is 6.07 Å². The largest absolute Gasteiger partial charge is 0.478 e. The van der Waals surface area contributed by atoms with Crippen molar-refractivity contribution in [1.29, 1.82) is 0 Å². The summed E-state index contributed by atoms with van der Waals surface area (Å²) in [5, 5.41) is 11.8. The van der Waals surface area contributed by atoms with Gasteiger partial charge in [-0.05, 0) is 36.6 Å². The Labute approximate surface area is 123 Å². The van der Waals surface area contributed by atoms with E-state index in [4.69, 9.17) is 14.6 Å². The van der Waals surface area contributed by atoms with Gasteiger partial charge in [-0.1, -0.05) is 0 Å². The molecule has 1 amide bonds. The molecule has 0 aliphatic carbocycles. The molecule has 0 radical (unpaired) electrons. The number of rotatable bonds is 6. The van der Waals surface area contributed by atoms with Crippen LogP contribution in [0.1, 0.15) is 35.2 Å². The Hall–Kier alpha value is -1.92. The van der Waals surface area contributed by atoms with Crippen LogP contribution in [0.25, 0.3) is 0 Å². The van der Waals surface area contributed by atoms with Gasteiger partial charge in [-0.25, -0.2) is 4.79 Å². The number of aromatic carboxylic acids is 1. The third-order valence-corrected chi connectivity index (χ3v) is 3.27. The van der Waals surface area contributed by atoms with E-state index in [-0.39, 0.29) is 30.6 Å². The van der Waals surface area contributed by atoms with Gasteiger partial charge in [0.1, 0.15) is 0 Å². The fraction of sp³-hybridized carbons (Fsp3) is 0.467. The number of carboxylic acids is 1. The van der Waals surface area contributed by atoms with Gasteiger partial charge in [-0.15, -0.1) is 0 Å². The topological polar surface area (TPSA) is 84.9 Å². The number of anilines is 1. The van der Waals surface area contributed by atoms with E-state index in [0.29, 0.717) is 17.9 Å². The highest BCUT2D eigenvalue weighted by Gasteiger charge is 2.19. The molecule has 1 aliphatic rings. The van der Waals surface area contributed by atoms with Crippen molar-refractivity contribution in [1.82, 2.24) is 0 Å². The van der Waals surface area contributed by atoms with Gasteiger partial charge in [0, 0.05) is 19.4 Å². The second-order valence-electron chi connectivity index (χ2n) is 5.04. The predicted octanol–water partition coefficient (Wildman–Crippen LogP) is 2.04. The number of methoxy groups -OCH3 is 1. The highest BCUT2D eigenvalue weighted by Crippen LogP contribution is 2.19. The van der Waals surface area contributed by atoms with Crippen LogP contribution in [0.3, 0.4) is 0 Å². The molecule has 21 heavy (non-hydrogen) atoms. The SMILES string of the molecule is COCc1cc(NC(=O)CC2CCCO2)cc(C(=O)O)c1. The first kappa shape index (κ1) is 15.5. The van der Waals surface area contributed by atoms with Crippen molar-refractivity contribution >= 4 is 17.6 Å². The van der Waals surface area contributed by atoms with Crippen LogP contribution in [0.2, 0.25) is 0 Å². The number of hydrogen-bond donors (Lipinski definition) is 2. The molecule has 6 heteroatoms. The highest BCUT2D eigenvalue weighted by molar-refractivity contribution is 5.94. The Balaban J connectivity index is 2.06. The Kier molecular flexibility index (Phi) is 5.30. The van der Waals surface area contributed by atoms with Crippen molar-refractivity contribution in [3.8, 4) is 0 Å². The van der Waals surface area contributed by atoms with Gasteiger partial charge >= 0.3 is 5.97 Å². The zero-order valence-electron chi connectivity index (χ0n) is 11.9. The van der Waals surface area contributed by atoms with Gasteiger partial charge in [0.25, 0.3) is 0 Å². The molecule has 0 spiro atoms. The quantitative estimate of drug-likeness (QED) is 0.838. The standard InChI is InChI=1S/C15H19NO5/c1-20-9-10-5-11(15(18)19)7-12(6-10)16-14(17)8-13-3-2-4-21-13/h5-7,13H,2-4,8-9H2,1H3,(H,16,17)(H,18,19). The summed E-state index contributed by atoms with van der Waals surface area (Å²) in [6.07, 6.45) is 2.12. The molecule has 1 aliphatic heterocycles. The minimum absolute atomic E-state index is 0.0360. The summed E-state index contributed by atoms with van der Waals surface area (Å²) in [6, 6.07) is 4.68. The lowest BCUT2D eigenvalue weighted by Gasteiger charge is -2.11. The van der Waals surface area contributed by atoms with E-state index in [1.807, 2.05) is 0 Å². The van der Waals surface area contributed by atoms with Crippen molar-refractivity contribution in [3.63, 3.8) is 0 Å². The van der Waals surface area contributed by atoms with Crippen LogP contribution in [-0.2, 0) is 20.9 Å². The Morgan fingerprint density at radius 1 is 1.43 bits per heavy atom. The number of benzene rings is 1. The number of carbonyl (C=O) groups is 2. The Morgan fingerprint density at radius 2 is 2.24 bits per heavy atom. The van der Waals surface area contributed by atoms with Crippen LogP contribution in [0.4, 0.5) is 5.69 Å². The molecule has 0 saturated carbocycles. The van der Waals surface area contributed by atoms with E-state index in [9.17, 15) is 9.59 Å². The molecule has 1 fully saturated rings. The second-order valence-corrected chi connectivity index (χ2v) is 5.04. The highest BCUT2D eigenvalue weighted by atomic mass is 16.5. The maximum atomic E-state index is 11.9. The molecule has 2 rings (SSSR count). The van der Waals surface area contributed by atoms with Crippen LogP contribution >= 0.6 is 0 Å². The number of carboxylic acid groups (broad SMARTS) is 1. The van der Waals surface area contributed by atoms with E-state index in [0.717, 1.165) is 12.8 Å². The number of ether oxygens (including phenoxy) is 2. The van der Waals surface area contributed by atoms with Crippen LogP contribution in [-0.4, -0.2) is 36.8 Å². The first-order valence-corrected chi connectivity index (χ1v) is 6.86. The van der Waals surface area contributed by atoms with Crippen LogP contribution in [0, 0.1) is 0 Å². The minimum Gasteiger partial charge on any atom is -0.478 e. The lowest BCUT2D eigenvalue weighted by Crippen LogP contribution is -2.19. The fourth-order valence-corrected chi connectivity index (χ4v) is 2.36. The summed E-state index contributed by atoms with van der Waals surface area (Å²) >= 11 is 0. The number of carbonyl (C=O) groups excluding carboxylic acids is 1. The molecule has 1 saturated heterocycles. The first-order chi connectivity index (χ1) is 10.1. The summed E-state index contributed by atoms with van der Waals surface area (Å²) in [5.41, 5.74) is 1.28. The van der Waals surface area contributed by atoms with Crippen LogP contribution < -0.4 is 5.32 Å². The third-order valence-electron chi connectivity index (χ3n) is 3.27. The van der Waals surface area contributed by atoms with E-state index >= 15 is 0 Å². The first-order valence-electron chi connectivity index (χ1n) is 6.86. The Morgan fingerprint density at radius 3 is 2.86 bits per heavy atom.